The first-order valence-electron chi connectivity index (χ1n) is 4.12. The summed E-state index contributed by atoms with van der Waals surface area (Å²) in [6.07, 6.45) is 5.43. The zero-order valence-corrected chi connectivity index (χ0v) is 9.06. The van der Waals surface area contributed by atoms with Gasteiger partial charge >= 0.3 is 0 Å². The van der Waals surface area contributed by atoms with Crippen molar-refractivity contribution in [3.05, 3.63) is 16.6 Å². The highest BCUT2D eigenvalue weighted by atomic mass is 32.1. The molecule has 2 nitrogen and oxygen atoms in total. The van der Waals surface area contributed by atoms with Crippen LogP contribution in [0.1, 0.15) is 19.5 Å². The third-order valence-electron chi connectivity index (χ3n) is 2.19. The van der Waals surface area contributed by atoms with Crippen LogP contribution in [0.3, 0.4) is 0 Å². The average molecular weight is 194 g/mol. The molecule has 0 saturated heterocycles. The fourth-order valence-corrected chi connectivity index (χ4v) is 1.42. The summed E-state index contributed by atoms with van der Waals surface area (Å²) in [7, 11) is 2.01. The minimum absolute atomic E-state index is 0.205. The van der Waals surface area contributed by atoms with Gasteiger partial charge in [0.25, 0.3) is 0 Å². The molecule has 1 heterocycles. The van der Waals surface area contributed by atoms with Crippen molar-refractivity contribution in [1.82, 2.24) is 9.88 Å². The maximum absolute atomic E-state index is 5.43. The Hall–Kier alpha value is -0.850. The van der Waals surface area contributed by atoms with Gasteiger partial charge < -0.3 is 0 Å². The maximum atomic E-state index is 5.43. The zero-order chi connectivity index (χ0) is 9.90. The standard InChI is InChI=1S/C10H14N2S/c1-5-10(2,3)12(4)6-9-7-13-8-11-9/h1,7-8H,6H2,2-4H3. The third kappa shape index (κ3) is 2.55. The number of terminal acetylenes is 1. The number of rotatable bonds is 3. The van der Waals surface area contributed by atoms with E-state index in [2.05, 4.69) is 15.8 Å². The molecule has 0 N–H and O–H groups in total. The second-order valence-corrected chi connectivity index (χ2v) is 4.26. The van der Waals surface area contributed by atoms with E-state index in [1.54, 1.807) is 11.3 Å². The molecule has 1 aromatic heterocycles. The predicted octanol–water partition coefficient (Wildman–Crippen LogP) is 1.99. The Balaban J connectivity index is 2.62. The van der Waals surface area contributed by atoms with E-state index in [0.29, 0.717) is 0 Å². The molecule has 1 rings (SSSR count). The molecule has 0 bridgehead atoms. The summed E-state index contributed by atoms with van der Waals surface area (Å²) in [5, 5.41) is 2.04. The number of hydrogen-bond donors (Lipinski definition) is 0. The van der Waals surface area contributed by atoms with E-state index >= 15 is 0 Å². The van der Waals surface area contributed by atoms with Gasteiger partial charge in [-0.3, -0.25) is 4.90 Å². The molecule has 0 fully saturated rings. The van der Waals surface area contributed by atoms with Crippen molar-refractivity contribution in [3.63, 3.8) is 0 Å². The normalized spacial score (nSPS) is 11.6. The van der Waals surface area contributed by atoms with Crippen molar-refractivity contribution in [2.45, 2.75) is 25.9 Å². The van der Waals surface area contributed by atoms with Gasteiger partial charge in [0, 0.05) is 11.9 Å². The van der Waals surface area contributed by atoms with Crippen molar-refractivity contribution >= 4 is 11.3 Å². The van der Waals surface area contributed by atoms with Gasteiger partial charge in [0.05, 0.1) is 16.7 Å². The molecule has 0 radical (unpaired) electrons. The smallest absolute Gasteiger partial charge is 0.0795 e. The molecular formula is C10H14N2S. The number of thiazole rings is 1. The van der Waals surface area contributed by atoms with Crippen molar-refractivity contribution < 1.29 is 0 Å². The molecule has 0 aliphatic heterocycles. The van der Waals surface area contributed by atoms with Crippen LogP contribution in [-0.4, -0.2) is 22.5 Å². The lowest BCUT2D eigenvalue weighted by atomic mass is 10.1. The molecule has 0 unspecified atom stereocenters. The van der Waals surface area contributed by atoms with Crippen LogP contribution in [0, 0.1) is 12.3 Å². The van der Waals surface area contributed by atoms with Crippen LogP contribution in [0.5, 0.6) is 0 Å². The minimum Gasteiger partial charge on any atom is -0.285 e. The molecular weight excluding hydrogens is 180 g/mol. The molecule has 0 spiro atoms. The lowest BCUT2D eigenvalue weighted by molar-refractivity contribution is 0.203. The summed E-state index contributed by atoms with van der Waals surface area (Å²) in [4.78, 5) is 6.33. The quantitative estimate of drug-likeness (QED) is 0.684. The monoisotopic (exact) mass is 194 g/mol. The van der Waals surface area contributed by atoms with Gasteiger partial charge in [-0.05, 0) is 20.9 Å². The van der Waals surface area contributed by atoms with Gasteiger partial charge in [0.2, 0.25) is 0 Å². The fourth-order valence-electron chi connectivity index (χ4n) is 0.866. The van der Waals surface area contributed by atoms with Crippen molar-refractivity contribution in [1.29, 1.82) is 0 Å². The second kappa shape index (κ2) is 3.91. The molecule has 0 amide bonds. The fraction of sp³-hybridized carbons (Fsp3) is 0.500. The molecule has 70 valence electrons. The van der Waals surface area contributed by atoms with Crippen LogP contribution in [0.4, 0.5) is 0 Å². The summed E-state index contributed by atoms with van der Waals surface area (Å²) >= 11 is 1.61. The van der Waals surface area contributed by atoms with E-state index in [1.165, 1.54) is 0 Å². The first kappa shape index (κ1) is 10.2. The number of hydrogen-bond acceptors (Lipinski definition) is 3. The summed E-state index contributed by atoms with van der Waals surface area (Å²) in [6, 6.07) is 0. The Labute approximate surface area is 83.6 Å². The Morgan fingerprint density at radius 2 is 2.38 bits per heavy atom. The van der Waals surface area contributed by atoms with Crippen LogP contribution >= 0.6 is 11.3 Å². The lowest BCUT2D eigenvalue weighted by Crippen LogP contribution is -2.39. The van der Waals surface area contributed by atoms with Gasteiger partial charge in [0.1, 0.15) is 0 Å². The maximum Gasteiger partial charge on any atom is 0.0795 e. The van der Waals surface area contributed by atoms with Crippen LogP contribution in [0.25, 0.3) is 0 Å². The predicted molar refractivity (Wildman–Crippen MR) is 56.5 cm³/mol. The minimum atomic E-state index is -0.205. The van der Waals surface area contributed by atoms with Crippen LogP contribution in [0.2, 0.25) is 0 Å². The Morgan fingerprint density at radius 3 is 2.85 bits per heavy atom. The third-order valence-corrected chi connectivity index (χ3v) is 2.83. The molecule has 0 aromatic carbocycles. The average Bonchev–Trinajstić information content (AvgIpc) is 2.57. The van der Waals surface area contributed by atoms with E-state index in [0.717, 1.165) is 12.2 Å². The number of aromatic nitrogens is 1. The SMILES string of the molecule is C#CC(C)(C)N(C)Cc1cscn1. The molecule has 1 aromatic rings. The molecule has 3 heteroatoms. The zero-order valence-electron chi connectivity index (χ0n) is 8.24. The summed E-state index contributed by atoms with van der Waals surface area (Å²) in [5.41, 5.74) is 2.71. The Morgan fingerprint density at radius 1 is 1.69 bits per heavy atom. The van der Waals surface area contributed by atoms with Crippen molar-refractivity contribution in [2.75, 3.05) is 7.05 Å². The number of nitrogens with zero attached hydrogens (tertiary/aromatic N) is 2. The van der Waals surface area contributed by atoms with Gasteiger partial charge in [-0.1, -0.05) is 5.92 Å². The highest BCUT2D eigenvalue weighted by Gasteiger charge is 2.20. The van der Waals surface area contributed by atoms with Gasteiger partial charge in [-0.2, -0.15) is 0 Å². The first-order valence-corrected chi connectivity index (χ1v) is 5.06. The summed E-state index contributed by atoms with van der Waals surface area (Å²) < 4.78 is 0. The highest BCUT2D eigenvalue weighted by Crippen LogP contribution is 2.14. The first-order chi connectivity index (χ1) is 6.06. The van der Waals surface area contributed by atoms with E-state index < -0.39 is 0 Å². The lowest BCUT2D eigenvalue weighted by Gasteiger charge is -2.29. The van der Waals surface area contributed by atoms with Gasteiger partial charge in [-0.25, -0.2) is 4.98 Å². The highest BCUT2D eigenvalue weighted by molar-refractivity contribution is 7.07. The largest absolute Gasteiger partial charge is 0.285 e. The topological polar surface area (TPSA) is 16.1 Å². The van der Waals surface area contributed by atoms with Crippen LogP contribution in [-0.2, 0) is 6.54 Å². The van der Waals surface area contributed by atoms with Crippen molar-refractivity contribution in [2.24, 2.45) is 0 Å². The van der Waals surface area contributed by atoms with E-state index in [1.807, 2.05) is 31.8 Å². The Kier molecular flexibility index (Phi) is 3.07. The van der Waals surface area contributed by atoms with E-state index in [4.69, 9.17) is 6.42 Å². The van der Waals surface area contributed by atoms with E-state index in [-0.39, 0.29) is 5.54 Å². The van der Waals surface area contributed by atoms with E-state index in [9.17, 15) is 0 Å². The molecule has 0 aliphatic carbocycles. The van der Waals surface area contributed by atoms with Gasteiger partial charge in [-0.15, -0.1) is 17.8 Å². The summed E-state index contributed by atoms with van der Waals surface area (Å²) in [6.45, 7) is 4.86. The summed E-state index contributed by atoms with van der Waals surface area (Å²) in [5.74, 6) is 2.76. The molecule has 0 atom stereocenters. The Bertz CT molecular complexity index is 295. The molecule has 0 aliphatic rings. The van der Waals surface area contributed by atoms with Gasteiger partial charge in [0.15, 0.2) is 0 Å². The van der Waals surface area contributed by atoms with Crippen LogP contribution in [0.15, 0.2) is 10.9 Å². The molecule has 13 heavy (non-hydrogen) atoms. The van der Waals surface area contributed by atoms with Crippen LogP contribution < -0.4 is 0 Å². The second-order valence-electron chi connectivity index (χ2n) is 3.54. The molecule has 0 saturated carbocycles. The van der Waals surface area contributed by atoms with Crippen molar-refractivity contribution in [3.8, 4) is 12.3 Å².